The zero-order valence-corrected chi connectivity index (χ0v) is 19.4. The molecule has 1 amide bonds. The molecular weight excluding hydrogens is 460 g/mol. The van der Waals surface area contributed by atoms with E-state index in [9.17, 15) is 21.6 Å². The van der Waals surface area contributed by atoms with Crippen molar-refractivity contribution in [3.05, 3.63) is 42.5 Å². The molecule has 0 atom stereocenters. The molecule has 1 heterocycles. The second kappa shape index (κ2) is 8.82. The van der Waals surface area contributed by atoms with Gasteiger partial charge in [0.15, 0.2) is 6.61 Å². The molecule has 0 aliphatic rings. The number of nitrogens with zero attached hydrogens (tertiary/aromatic N) is 5. The number of anilines is 1. The molecule has 0 unspecified atom stereocenters. The molecule has 172 valence electrons. The van der Waals surface area contributed by atoms with Gasteiger partial charge in [-0.3, -0.25) is 4.79 Å². The van der Waals surface area contributed by atoms with E-state index in [0.29, 0.717) is 11.2 Å². The largest absolute Gasteiger partial charge is 0.385 e. The Morgan fingerprint density at radius 1 is 0.938 bits per heavy atom. The van der Waals surface area contributed by atoms with Gasteiger partial charge in [-0.25, -0.2) is 25.4 Å². The Kier molecular flexibility index (Phi) is 6.50. The Morgan fingerprint density at radius 3 is 2.09 bits per heavy atom. The molecule has 0 radical (unpaired) electrons. The molecule has 0 aliphatic heterocycles. The van der Waals surface area contributed by atoms with Crippen molar-refractivity contribution in [1.29, 1.82) is 0 Å². The van der Waals surface area contributed by atoms with Crippen molar-refractivity contribution in [2.24, 2.45) is 0 Å². The molecule has 2 aromatic carbocycles. The number of sulfonamides is 2. The molecule has 0 saturated heterocycles. The SMILES string of the molecule is CN(C)S(=O)(=O)c1ccc(NC(=O)COn2nnc3ccc(S(=O)(=O)N(C)C)cc32)cc1. The van der Waals surface area contributed by atoms with E-state index in [-0.39, 0.29) is 15.3 Å². The summed E-state index contributed by atoms with van der Waals surface area (Å²) in [7, 11) is -1.56. The summed E-state index contributed by atoms with van der Waals surface area (Å²) in [4.78, 5) is 18.7. The predicted molar refractivity (Wildman–Crippen MR) is 116 cm³/mol. The summed E-state index contributed by atoms with van der Waals surface area (Å²) in [5.41, 5.74) is 1.04. The topological polar surface area (TPSA) is 144 Å². The van der Waals surface area contributed by atoms with E-state index in [1.807, 2.05) is 0 Å². The monoisotopic (exact) mass is 482 g/mol. The van der Waals surface area contributed by atoms with E-state index in [4.69, 9.17) is 4.84 Å². The molecular formula is C18H22N6O6S2. The van der Waals surface area contributed by atoms with Crippen LogP contribution in [0.25, 0.3) is 11.0 Å². The lowest BCUT2D eigenvalue weighted by atomic mass is 10.3. The van der Waals surface area contributed by atoms with Gasteiger partial charge < -0.3 is 10.2 Å². The summed E-state index contributed by atoms with van der Waals surface area (Å²) in [6.07, 6.45) is 0. The number of fused-ring (bicyclic) bond motifs is 1. The van der Waals surface area contributed by atoms with Crippen molar-refractivity contribution >= 4 is 42.7 Å². The maximum Gasteiger partial charge on any atom is 0.265 e. The van der Waals surface area contributed by atoms with Crippen LogP contribution in [0.15, 0.2) is 52.3 Å². The lowest BCUT2D eigenvalue weighted by molar-refractivity contribution is -0.121. The fourth-order valence-corrected chi connectivity index (χ4v) is 4.41. The zero-order chi connectivity index (χ0) is 23.7. The molecule has 32 heavy (non-hydrogen) atoms. The van der Waals surface area contributed by atoms with E-state index in [1.165, 1.54) is 70.7 Å². The fourth-order valence-electron chi connectivity index (χ4n) is 2.58. The summed E-state index contributed by atoms with van der Waals surface area (Å²) in [5, 5.41) is 10.2. The van der Waals surface area contributed by atoms with Crippen molar-refractivity contribution in [3.63, 3.8) is 0 Å². The number of benzene rings is 2. The van der Waals surface area contributed by atoms with Crippen LogP contribution in [-0.4, -0.2) is 81.3 Å². The number of nitrogens with one attached hydrogen (secondary N) is 1. The van der Waals surface area contributed by atoms with Gasteiger partial charge in [-0.2, -0.15) is 0 Å². The first-order valence-electron chi connectivity index (χ1n) is 9.16. The van der Waals surface area contributed by atoms with E-state index in [2.05, 4.69) is 15.6 Å². The first-order chi connectivity index (χ1) is 14.9. The van der Waals surface area contributed by atoms with Crippen molar-refractivity contribution < 1.29 is 26.5 Å². The van der Waals surface area contributed by atoms with Gasteiger partial charge in [0.05, 0.1) is 9.79 Å². The quantitative estimate of drug-likeness (QED) is 0.472. The Morgan fingerprint density at radius 2 is 1.50 bits per heavy atom. The standard InChI is InChI=1S/C18H22N6O6S2/c1-22(2)31(26,27)14-7-5-13(6-8-14)19-18(25)12-30-24-17-11-15(32(28,29)23(3)4)9-10-16(17)20-21-24/h5-11H,12H2,1-4H3,(H,19,25). The minimum atomic E-state index is -3.67. The summed E-state index contributed by atoms with van der Waals surface area (Å²) < 4.78 is 51.0. The number of rotatable bonds is 8. The lowest BCUT2D eigenvalue weighted by Gasteiger charge is -2.12. The van der Waals surface area contributed by atoms with Crippen LogP contribution in [-0.2, 0) is 24.8 Å². The predicted octanol–water partition coefficient (Wildman–Crippen LogP) is -0.000800. The molecule has 12 nitrogen and oxygen atoms in total. The molecule has 0 spiro atoms. The number of carbonyl (C=O) groups excluding carboxylic acids is 1. The van der Waals surface area contributed by atoms with Gasteiger partial charge in [0.25, 0.3) is 5.91 Å². The third-order valence-electron chi connectivity index (χ3n) is 4.40. The van der Waals surface area contributed by atoms with Crippen LogP contribution in [0.4, 0.5) is 5.69 Å². The highest BCUT2D eigenvalue weighted by Gasteiger charge is 2.20. The van der Waals surface area contributed by atoms with Crippen LogP contribution in [0.1, 0.15) is 0 Å². The summed E-state index contributed by atoms with van der Waals surface area (Å²) in [6.45, 7) is -0.444. The normalized spacial score (nSPS) is 12.4. The molecule has 0 aliphatic carbocycles. The van der Waals surface area contributed by atoms with Crippen molar-refractivity contribution in [2.75, 3.05) is 40.1 Å². The molecule has 0 bridgehead atoms. The van der Waals surface area contributed by atoms with Crippen LogP contribution in [0.5, 0.6) is 0 Å². The maximum atomic E-state index is 12.3. The van der Waals surface area contributed by atoms with E-state index >= 15 is 0 Å². The Hall–Kier alpha value is -3.07. The molecule has 1 aromatic heterocycles. The highest BCUT2D eigenvalue weighted by Crippen LogP contribution is 2.19. The van der Waals surface area contributed by atoms with Crippen LogP contribution in [0.2, 0.25) is 0 Å². The Bertz CT molecular complexity index is 1350. The zero-order valence-electron chi connectivity index (χ0n) is 17.8. The number of aromatic nitrogens is 3. The molecule has 0 saturated carbocycles. The van der Waals surface area contributed by atoms with Gasteiger partial charge in [-0.05, 0) is 47.7 Å². The molecule has 1 N–H and O–H groups in total. The second-order valence-electron chi connectivity index (χ2n) is 7.03. The second-order valence-corrected chi connectivity index (χ2v) is 11.3. The van der Waals surface area contributed by atoms with Gasteiger partial charge in [0.2, 0.25) is 20.0 Å². The Labute approximate surface area is 185 Å². The summed E-state index contributed by atoms with van der Waals surface area (Å²) in [6, 6.07) is 9.92. The summed E-state index contributed by atoms with van der Waals surface area (Å²) in [5.74, 6) is -0.533. The smallest absolute Gasteiger partial charge is 0.265 e. The maximum absolute atomic E-state index is 12.3. The first kappa shape index (κ1) is 23.6. The highest BCUT2D eigenvalue weighted by molar-refractivity contribution is 7.89. The van der Waals surface area contributed by atoms with Crippen LogP contribution >= 0.6 is 0 Å². The van der Waals surface area contributed by atoms with Gasteiger partial charge in [-0.15, -0.1) is 5.10 Å². The average Bonchev–Trinajstić information content (AvgIpc) is 3.14. The third-order valence-corrected chi connectivity index (χ3v) is 8.04. The molecule has 3 aromatic rings. The van der Waals surface area contributed by atoms with E-state index in [0.717, 1.165) is 13.5 Å². The number of hydrogen-bond acceptors (Lipinski definition) is 8. The number of hydrogen-bond donors (Lipinski definition) is 1. The van der Waals surface area contributed by atoms with E-state index < -0.39 is 32.6 Å². The van der Waals surface area contributed by atoms with Gasteiger partial charge in [0.1, 0.15) is 11.0 Å². The fraction of sp³-hybridized carbons (Fsp3) is 0.278. The lowest BCUT2D eigenvalue weighted by Crippen LogP contribution is -2.26. The Balaban J connectivity index is 1.70. The molecule has 3 rings (SSSR count). The average molecular weight is 483 g/mol. The highest BCUT2D eigenvalue weighted by atomic mass is 32.2. The first-order valence-corrected chi connectivity index (χ1v) is 12.0. The number of carbonyl (C=O) groups is 1. The van der Waals surface area contributed by atoms with Crippen LogP contribution < -0.4 is 10.2 Å². The molecule has 14 heteroatoms. The van der Waals surface area contributed by atoms with E-state index in [1.54, 1.807) is 0 Å². The van der Waals surface area contributed by atoms with Crippen molar-refractivity contribution in [1.82, 2.24) is 23.8 Å². The molecule has 0 fully saturated rings. The van der Waals surface area contributed by atoms with Gasteiger partial charge in [-0.1, -0.05) is 4.85 Å². The minimum Gasteiger partial charge on any atom is -0.385 e. The van der Waals surface area contributed by atoms with Gasteiger partial charge >= 0.3 is 0 Å². The third kappa shape index (κ3) is 4.72. The minimum absolute atomic E-state index is 0.0272. The number of amides is 1. The van der Waals surface area contributed by atoms with Crippen LogP contribution in [0, 0.1) is 0 Å². The van der Waals surface area contributed by atoms with Crippen LogP contribution in [0.3, 0.4) is 0 Å². The van der Waals surface area contributed by atoms with Crippen molar-refractivity contribution in [2.45, 2.75) is 9.79 Å². The summed E-state index contributed by atoms with van der Waals surface area (Å²) >= 11 is 0. The van der Waals surface area contributed by atoms with Gasteiger partial charge in [0, 0.05) is 33.9 Å². The van der Waals surface area contributed by atoms with Crippen molar-refractivity contribution in [3.8, 4) is 0 Å².